The molecule has 1 aromatic carbocycles. The quantitative estimate of drug-likeness (QED) is 0.305. The second-order valence-electron chi connectivity index (χ2n) is 7.80. The summed E-state index contributed by atoms with van der Waals surface area (Å²) in [5.41, 5.74) is 2.05. The molecule has 1 amide bonds. The first-order valence-electron chi connectivity index (χ1n) is 11.1. The summed E-state index contributed by atoms with van der Waals surface area (Å²) < 4.78 is 7.99. The van der Waals surface area contributed by atoms with Crippen LogP contribution in [0, 0.1) is 0 Å². The Morgan fingerprint density at radius 3 is 2.97 bits per heavy atom. The Labute approximate surface area is 211 Å². The van der Waals surface area contributed by atoms with Crippen LogP contribution < -0.4 is 20.7 Å². The van der Waals surface area contributed by atoms with Crippen LogP contribution in [-0.2, 0) is 19.6 Å². The summed E-state index contributed by atoms with van der Waals surface area (Å²) in [5, 5.41) is 27.7. The minimum Gasteiger partial charge on any atom is -0.481 e. The topological polar surface area (TPSA) is 139 Å². The van der Waals surface area contributed by atoms with Gasteiger partial charge in [-0.2, -0.15) is 0 Å². The number of aliphatic hydroxyl groups is 1. The summed E-state index contributed by atoms with van der Waals surface area (Å²) in [4.78, 5) is 21.1. The van der Waals surface area contributed by atoms with Crippen molar-refractivity contribution >= 4 is 33.7 Å². The van der Waals surface area contributed by atoms with Crippen LogP contribution in [0.25, 0.3) is 0 Å². The first-order chi connectivity index (χ1) is 17.1. The number of carbonyl (C=O) groups is 1. The lowest BCUT2D eigenvalue weighted by Gasteiger charge is -2.19. The third-order valence-electron chi connectivity index (χ3n) is 5.49. The van der Waals surface area contributed by atoms with Gasteiger partial charge in [0.05, 0.1) is 33.0 Å². The number of amides is 1. The Balaban J connectivity index is 1.41. The van der Waals surface area contributed by atoms with Crippen molar-refractivity contribution in [1.82, 2.24) is 30.4 Å². The van der Waals surface area contributed by atoms with Gasteiger partial charge in [-0.3, -0.25) is 15.1 Å². The summed E-state index contributed by atoms with van der Waals surface area (Å²) in [6.45, 7) is 1.57. The molecule has 0 saturated heterocycles. The van der Waals surface area contributed by atoms with Gasteiger partial charge in [-0.1, -0.05) is 6.07 Å². The summed E-state index contributed by atoms with van der Waals surface area (Å²) in [7, 11) is 1.54. The van der Waals surface area contributed by atoms with E-state index in [-0.39, 0.29) is 25.1 Å². The summed E-state index contributed by atoms with van der Waals surface area (Å²) in [5.74, 6) is 1.72. The van der Waals surface area contributed by atoms with Gasteiger partial charge in [0.1, 0.15) is 0 Å². The van der Waals surface area contributed by atoms with Crippen molar-refractivity contribution in [3.63, 3.8) is 0 Å². The van der Waals surface area contributed by atoms with E-state index in [1.54, 1.807) is 25.4 Å². The molecule has 0 aliphatic carbocycles. The van der Waals surface area contributed by atoms with E-state index >= 15 is 0 Å². The molecule has 0 fully saturated rings. The molecule has 184 valence electrons. The molecule has 3 aromatic rings. The number of anilines is 1. The van der Waals surface area contributed by atoms with Gasteiger partial charge >= 0.3 is 0 Å². The van der Waals surface area contributed by atoms with E-state index in [0.29, 0.717) is 37.0 Å². The van der Waals surface area contributed by atoms with Crippen molar-refractivity contribution in [1.29, 1.82) is 0 Å². The maximum Gasteiger partial charge on any atom is 0.251 e. The largest absolute Gasteiger partial charge is 0.481 e. The van der Waals surface area contributed by atoms with Crippen LogP contribution in [0.15, 0.2) is 46.0 Å². The normalized spacial score (nSPS) is 15.1. The zero-order valence-electron chi connectivity index (χ0n) is 19.2. The van der Waals surface area contributed by atoms with Crippen LogP contribution in [0.2, 0.25) is 0 Å². The van der Waals surface area contributed by atoms with Crippen molar-refractivity contribution in [3.8, 4) is 5.88 Å². The Morgan fingerprint density at radius 2 is 2.20 bits per heavy atom. The fourth-order valence-corrected chi connectivity index (χ4v) is 4.16. The molecule has 2 aromatic heterocycles. The monoisotopic (exact) mass is 542 g/mol. The number of hydrogen-bond donors (Lipinski definition) is 4. The van der Waals surface area contributed by atoms with Crippen molar-refractivity contribution in [2.45, 2.75) is 32.1 Å². The van der Waals surface area contributed by atoms with Crippen LogP contribution in [-0.4, -0.2) is 57.4 Å². The number of ether oxygens (including phenoxy) is 1. The van der Waals surface area contributed by atoms with E-state index in [1.807, 2.05) is 29.0 Å². The number of aliphatic imine (C=N–C) groups is 1. The summed E-state index contributed by atoms with van der Waals surface area (Å²) in [6, 6.07) is 9.08. The van der Waals surface area contributed by atoms with E-state index in [4.69, 9.17) is 4.74 Å². The molecule has 0 saturated carbocycles. The van der Waals surface area contributed by atoms with Gasteiger partial charge in [0.2, 0.25) is 5.88 Å². The molecule has 1 aliphatic rings. The van der Waals surface area contributed by atoms with E-state index in [2.05, 4.69) is 52.1 Å². The van der Waals surface area contributed by atoms with Crippen LogP contribution >= 0.6 is 15.9 Å². The van der Waals surface area contributed by atoms with E-state index < -0.39 is 0 Å². The lowest BCUT2D eigenvalue weighted by Crippen LogP contribution is -2.29. The summed E-state index contributed by atoms with van der Waals surface area (Å²) in [6.07, 6.45) is 4.23. The number of pyridine rings is 1. The molecule has 1 unspecified atom stereocenters. The van der Waals surface area contributed by atoms with Gasteiger partial charge in [0, 0.05) is 53.2 Å². The van der Waals surface area contributed by atoms with Gasteiger partial charge in [0.25, 0.3) is 5.91 Å². The summed E-state index contributed by atoms with van der Waals surface area (Å²) >= 11 is 3.39. The van der Waals surface area contributed by atoms with Crippen LogP contribution in [0.1, 0.15) is 40.0 Å². The smallest absolute Gasteiger partial charge is 0.251 e. The third-order valence-corrected chi connectivity index (χ3v) is 5.92. The number of nitrogens with one attached hydrogen (secondary N) is 3. The molecule has 1 aliphatic heterocycles. The highest BCUT2D eigenvalue weighted by molar-refractivity contribution is 9.10. The Morgan fingerprint density at radius 1 is 1.31 bits per heavy atom. The molecule has 0 bridgehead atoms. The van der Waals surface area contributed by atoms with Crippen LogP contribution in [0.3, 0.4) is 0 Å². The zero-order valence-corrected chi connectivity index (χ0v) is 20.8. The first-order valence-corrected chi connectivity index (χ1v) is 11.9. The number of benzene rings is 1. The highest BCUT2D eigenvalue weighted by atomic mass is 79.9. The molecular formula is C23H27BrN8O3. The minimum atomic E-state index is -0.216. The number of aliphatic hydroxyl groups excluding tert-OH is 1. The van der Waals surface area contributed by atoms with Gasteiger partial charge in [0.15, 0.2) is 11.6 Å². The lowest BCUT2D eigenvalue weighted by molar-refractivity contribution is 0.0950. The van der Waals surface area contributed by atoms with E-state index in [1.165, 1.54) is 0 Å². The molecule has 35 heavy (non-hydrogen) atoms. The Hall–Kier alpha value is -3.35. The predicted molar refractivity (Wildman–Crippen MR) is 134 cm³/mol. The molecule has 0 spiro atoms. The Kier molecular flexibility index (Phi) is 8.40. The second-order valence-corrected chi connectivity index (χ2v) is 8.72. The van der Waals surface area contributed by atoms with Crippen molar-refractivity contribution in [2.75, 3.05) is 25.7 Å². The van der Waals surface area contributed by atoms with Gasteiger partial charge in [-0.25, -0.2) is 4.98 Å². The maximum absolute atomic E-state index is 12.8. The number of methoxy groups -OCH3 is 1. The third kappa shape index (κ3) is 6.21. The van der Waals surface area contributed by atoms with Crippen molar-refractivity contribution < 1.29 is 14.6 Å². The Bertz CT molecular complexity index is 1200. The number of rotatable bonds is 10. The lowest BCUT2D eigenvalue weighted by atomic mass is 10.1. The predicted octanol–water partition coefficient (Wildman–Crippen LogP) is 2.04. The average Bonchev–Trinajstić information content (AvgIpc) is 3.29. The molecule has 0 radical (unpaired) electrons. The average molecular weight is 543 g/mol. The van der Waals surface area contributed by atoms with Gasteiger partial charge in [-0.05, 0) is 40.2 Å². The highest BCUT2D eigenvalue weighted by Gasteiger charge is 2.21. The van der Waals surface area contributed by atoms with Gasteiger partial charge in [-0.15, -0.1) is 10.2 Å². The number of nitrogens with zero attached hydrogens (tertiary/aromatic N) is 5. The standard InChI is InChI=1S/C23H27BrN8O3/c1-35-23-16(9-17(24)12-28-23)11-27-22(34)15-3-2-4-18(10-15)26-13-20-30-31-21(32(20)7-8-33)19-5-6-25-14-29-19/h2-4,6,9-10,12,19,26,29,33H,5,7-8,11,13-14H2,1H3,(H,27,34). The highest BCUT2D eigenvalue weighted by Crippen LogP contribution is 2.21. The zero-order chi connectivity index (χ0) is 24.6. The van der Waals surface area contributed by atoms with E-state index in [9.17, 15) is 9.90 Å². The number of aromatic nitrogens is 4. The van der Waals surface area contributed by atoms with Gasteiger partial charge < -0.3 is 25.0 Å². The minimum absolute atomic E-state index is 0.00591. The van der Waals surface area contributed by atoms with Crippen LogP contribution in [0.5, 0.6) is 5.88 Å². The molecule has 4 N–H and O–H groups in total. The molecule has 4 rings (SSSR count). The fraction of sp³-hybridized carbons (Fsp3) is 0.348. The van der Waals surface area contributed by atoms with E-state index in [0.717, 1.165) is 28.0 Å². The molecule has 3 heterocycles. The fourth-order valence-electron chi connectivity index (χ4n) is 3.78. The van der Waals surface area contributed by atoms with Crippen LogP contribution in [0.4, 0.5) is 5.69 Å². The molecule has 1 atom stereocenters. The van der Waals surface area contributed by atoms with Crippen molar-refractivity contribution in [2.24, 2.45) is 4.99 Å². The number of carbonyl (C=O) groups excluding carboxylic acids is 1. The molecule has 11 nitrogen and oxygen atoms in total. The molecule has 12 heteroatoms. The maximum atomic E-state index is 12.8. The molecular weight excluding hydrogens is 516 g/mol. The number of hydrogen-bond acceptors (Lipinski definition) is 9. The van der Waals surface area contributed by atoms with Crippen molar-refractivity contribution in [3.05, 3.63) is 63.8 Å². The second kappa shape index (κ2) is 11.9. The SMILES string of the molecule is COc1ncc(Br)cc1CNC(=O)c1cccc(NCc2nnc(C3CC=NCN3)n2CCO)c1. The first kappa shape index (κ1) is 24.8. The number of halogens is 1.